The lowest BCUT2D eigenvalue weighted by molar-refractivity contribution is 0.668. The average molecular weight is 336 g/mol. The molecule has 26 heavy (non-hydrogen) atoms. The zero-order valence-corrected chi connectivity index (χ0v) is 13.6. The largest absolute Gasteiger partial charge is 0.450 e. The Hall–Kier alpha value is -3.73. The lowest BCUT2D eigenvalue weighted by atomic mass is 10.1. The normalized spacial score (nSPS) is 11.8. The number of benzene rings is 3. The van der Waals surface area contributed by atoms with Crippen LogP contribution in [0.3, 0.4) is 0 Å². The van der Waals surface area contributed by atoms with Crippen LogP contribution in [-0.2, 0) is 0 Å². The Kier molecular flexibility index (Phi) is 2.55. The van der Waals surface area contributed by atoms with E-state index in [0.29, 0.717) is 11.2 Å². The van der Waals surface area contributed by atoms with E-state index in [0.717, 1.165) is 38.6 Å². The molecule has 0 aliphatic heterocycles. The summed E-state index contributed by atoms with van der Waals surface area (Å²) >= 11 is 0. The van der Waals surface area contributed by atoms with Crippen LogP contribution in [0.15, 0.2) is 77.5 Å². The molecule has 3 heterocycles. The predicted molar refractivity (Wildman–Crippen MR) is 101 cm³/mol. The van der Waals surface area contributed by atoms with Gasteiger partial charge in [-0.3, -0.25) is 4.40 Å². The maximum absolute atomic E-state index is 6.14. The first kappa shape index (κ1) is 13.5. The lowest BCUT2D eigenvalue weighted by Gasteiger charge is -2.04. The van der Waals surface area contributed by atoms with Crippen LogP contribution in [0.5, 0.6) is 0 Å². The second-order valence-corrected chi connectivity index (χ2v) is 6.27. The van der Waals surface area contributed by atoms with Crippen molar-refractivity contribution >= 4 is 38.5 Å². The monoisotopic (exact) mass is 336 g/mol. The Labute approximate surface area is 147 Å². The van der Waals surface area contributed by atoms with Gasteiger partial charge in [0.25, 0.3) is 0 Å². The molecule has 0 aliphatic carbocycles. The van der Waals surface area contributed by atoms with Gasteiger partial charge in [0, 0.05) is 5.56 Å². The number of hydrogen-bond acceptors (Lipinski definition) is 4. The van der Waals surface area contributed by atoms with Crippen LogP contribution in [0.4, 0.5) is 0 Å². The van der Waals surface area contributed by atoms with E-state index < -0.39 is 0 Å². The van der Waals surface area contributed by atoms with Crippen molar-refractivity contribution in [3.63, 3.8) is 0 Å². The summed E-state index contributed by atoms with van der Waals surface area (Å²) in [5.74, 6) is 0.800. The van der Waals surface area contributed by atoms with Gasteiger partial charge < -0.3 is 4.42 Å². The number of furan rings is 1. The minimum absolute atomic E-state index is 0.661. The van der Waals surface area contributed by atoms with Crippen molar-refractivity contribution in [2.75, 3.05) is 0 Å². The third kappa shape index (κ3) is 1.71. The standard InChI is InChI=1S/C21H12N4O/c1-2-7-14(8-3-1)20-23-18-17-15-9-5-4-6-13(15)10-11-16(17)26-19(18)21-24-22-12-25(20)21/h1-12H. The minimum atomic E-state index is 0.661. The summed E-state index contributed by atoms with van der Waals surface area (Å²) in [6.45, 7) is 0. The highest BCUT2D eigenvalue weighted by Crippen LogP contribution is 2.36. The molecule has 0 saturated heterocycles. The van der Waals surface area contributed by atoms with Gasteiger partial charge in [-0.15, -0.1) is 10.2 Å². The average Bonchev–Trinajstić information content (AvgIpc) is 3.32. The molecule has 0 fully saturated rings. The van der Waals surface area contributed by atoms with Crippen LogP contribution in [0.25, 0.3) is 49.9 Å². The Morgan fingerprint density at radius 1 is 0.846 bits per heavy atom. The summed E-state index contributed by atoms with van der Waals surface area (Å²) in [5, 5.41) is 11.7. The smallest absolute Gasteiger partial charge is 0.207 e. The summed E-state index contributed by atoms with van der Waals surface area (Å²) in [5.41, 5.74) is 3.97. The molecule has 0 amide bonds. The number of nitrogens with zero attached hydrogens (tertiary/aromatic N) is 4. The fourth-order valence-electron chi connectivity index (χ4n) is 3.61. The molecule has 0 atom stereocenters. The third-order valence-corrected chi connectivity index (χ3v) is 4.78. The third-order valence-electron chi connectivity index (χ3n) is 4.78. The summed E-state index contributed by atoms with van der Waals surface area (Å²) in [6.07, 6.45) is 1.68. The van der Waals surface area contributed by atoms with Crippen LogP contribution in [0.2, 0.25) is 0 Å². The van der Waals surface area contributed by atoms with E-state index in [1.165, 1.54) is 0 Å². The van der Waals surface area contributed by atoms with Crippen molar-refractivity contribution in [3.8, 4) is 11.4 Å². The Balaban J connectivity index is 1.87. The second kappa shape index (κ2) is 4.89. The minimum Gasteiger partial charge on any atom is -0.450 e. The molecule has 0 spiro atoms. The van der Waals surface area contributed by atoms with Crippen molar-refractivity contribution < 1.29 is 4.42 Å². The molecule has 0 bridgehead atoms. The van der Waals surface area contributed by atoms with E-state index in [1.807, 2.05) is 52.9 Å². The fourth-order valence-corrected chi connectivity index (χ4v) is 3.61. The van der Waals surface area contributed by atoms with Gasteiger partial charge in [0.2, 0.25) is 5.65 Å². The first-order chi connectivity index (χ1) is 12.9. The number of hydrogen-bond donors (Lipinski definition) is 0. The molecule has 0 aliphatic rings. The lowest BCUT2D eigenvalue weighted by Crippen LogP contribution is -1.95. The van der Waals surface area contributed by atoms with Gasteiger partial charge in [-0.05, 0) is 16.8 Å². The highest BCUT2D eigenvalue weighted by Gasteiger charge is 2.19. The molecule has 3 aromatic carbocycles. The summed E-state index contributed by atoms with van der Waals surface area (Å²) in [4.78, 5) is 4.97. The van der Waals surface area contributed by atoms with E-state index in [1.54, 1.807) is 6.33 Å². The quantitative estimate of drug-likeness (QED) is 0.431. The fraction of sp³-hybridized carbons (Fsp3) is 0. The topological polar surface area (TPSA) is 56.2 Å². The predicted octanol–water partition coefficient (Wildman–Crippen LogP) is 4.84. The molecular weight excluding hydrogens is 324 g/mol. The molecule has 0 N–H and O–H groups in total. The van der Waals surface area contributed by atoms with Crippen molar-refractivity contribution in [1.82, 2.24) is 19.6 Å². The zero-order chi connectivity index (χ0) is 17.1. The summed E-state index contributed by atoms with van der Waals surface area (Å²) in [7, 11) is 0. The van der Waals surface area contributed by atoms with Gasteiger partial charge in [-0.25, -0.2) is 4.98 Å². The molecule has 0 radical (unpaired) electrons. The first-order valence-corrected chi connectivity index (χ1v) is 8.39. The van der Waals surface area contributed by atoms with E-state index in [9.17, 15) is 0 Å². The van der Waals surface area contributed by atoms with Gasteiger partial charge in [0.05, 0.1) is 5.39 Å². The number of fused-ring (bicyclic) bond motifs is 7. The molecule has 0 saturated carbocycles. The van der Waals surface area contributed by atoms with Crippen LogP contribution in [-0.4, -0.2) is 19.6 Å². The SMILES string of the molecule is c1ccc(-c2nc3c(oc4ccc5ccccc5c43)c3nncn23)cc1. The van der Waals surface area contributed by atoms with Crippen molar-refractivity contribution in [1.29, 1.82) is 0 Å². The molecule has 0 unspecified atom stereocenters. The zero-order valence-electron chi connectivity index (χ0n) is 13.6. The van der Waals surface area contributed by atoms with E-state index >= 15 is 0 Å². The highest BCUT2D eigenvalue weighted by atomic mass is 16.3. The molecule has 5 nitrogen and oxygen atoms in total. The van der Waals surface area contributed by atoms with Gasteiger partial charge in [0.15, 0.2) is 5.58 Å². The van der Waals surface area contributed by atoms with Gasteiger partial charge in [-0.1, -0.05) is 60.7 Å². The summed E-state index contributed by atoms with van der Waals surface area (Å²) in [6, 6.07) is 22.4. The molecular formula is C21H12N4O. The molecule has 122 valence electrons. The van der Waals surface area contributed by atoms with Crippen LogP contribution in [0.1, 0.15) is 0 Å². The molecule has 6 rings (SSSR count). The number of aromatic nitrogens is 4. The van der Waals surface area contributed by atoms with E-state index in [2.05, 4.69) is 28.4 Å². The van der Waals surface area contributed by atoms with Crippen LogP contribution in [0, 0.1) is 0 Å². The van der Waals surface area contributed by atoms with E-state index in [4.69, 9.17) is 9.40 Å². The summed E-state index contributed by atoms with van der Waals surface area (Å²) < 4.78 is 8.01. The van der Waals surface area contributed by atoms with Gasteiger partial charge in [-0.2, -0.15) is 0 Å². The van der Waals surface area contributed by atoms with Crippen molar-refractivity contribution in [2.24, 2.45) is 0 Å². The highest BCUT2D eigenvalue weighted by molar-refractivity contribution is 6.19. The van der Waals surface area contributed by atoms with Gasteiger partial charge in [0.1, 0.15) is 23.3 Å². The van der Waals surface area contributed by atoms with Crippen LogP contribution >= 0.6 is 0 Å². The van der Waals surface area contributed by atoms with Crippen LogP contribution < -0.4 is 0 Å². The maximum Gasteiger partial charge on any atom is 0.207 e. The van der Waals surface area contributed by atoms with Crippen molar-refractivity contribution in [2.45, 2.75) is 0 Å². The molecule has 5 heteroatoms. The van der Waals surface area contributed by atoms with Crippen molar-refractivity contribution in [3.05, 3.63) is 73.1 Å². The first-order valence-electron chi connectivity index (χ1n) is 8.39. The molecule has 3 aromatic heterocycles. The van der Waals surface area contributed by atoms with E-state index in [-0.39, 0.29) is 0 Å². The second-order valence-electron chi connectivity index (χ2n) is 6.27. The number of rotatable bonds is 1. The Bertz CT molecular complexity index is 1430. The Morgan fingerprint density at radius 3 is 2.62 bits per heavy atom. The molecule has 6 aromatic rings. The maximum atomic E-state index is 6.14. The van der Waals surface area contributed by atoms with Gasteiger partial charge >= 0.3 is 0 Å². The Morgan fingerprint density at radius 2 is 1.69 bits per heavy atom.